The van der Waals surface area contributed by atoms with Crippen LogP contribution in [0.1, 0.15) is 17.3 Å². The van der Waals surface area contributed by atoms with E-state index in [0.717, 1.165) is 0 Å². The molecule has 1 aromatic rings. The molecule has 94 valence electrons. The number of carbonyl (C=O) groups excluding carboxylic acids is 1. The standard InChI is InChI=1S/C12H15ClO4/c1-2-16-12(15)9-3-5-11(6-4-9)17-8-10(14)7-13/h3-6,10,14H,2,7-8H2,1H3. The molecule has 1 atom stereocenters. The average Bonchev–Trinajstić information content (AvgIpc) is 2.36. The minimum absolute atomic E-state index is 0.126. The highest BCUT2D eigenvalue weighted by molar-refractivity contribution is 6.18. The van der Waals surface area contributed by atoms with Crippen molar-refractivity contribution in [2.45, 2.75) is 13.0 Å². The number of hydrogen-bond acceptors (Lipinski definition) is 4. The molecule has 0 aliphatic carbocycles. The number of aliphatic hydroxyl groups is 1. The number of benzene rings is 1. The monoisotopic (exact) mass is 258 g/mol. The van der Waals surface area contributed by atoms with E-state index in [-0.39, 0.29) is 18.5 Å². The summed E-state index contributed by atoms with van der Waals surface area (Å²) in [5, 5.41) is 9.20. The minimum atomic E-state index is -0.693. The third-order valence-corrected chi connectivity index (χ3v) is 2.34. The molecule has 0 fully saturated rings. The molecular weight excluding hydrogens is 244 g/mol. The van der Waals surface area contributed by atoms with E-state index in [4.69, 9.17) is 21.1 Å². The first-order valence-electron chi connectivity index (χ1n) is 5.31. The van der Waals surface area contributed by atoms with Crippen molar-refractivity contribution in [2.24, 2.45) is 0 Å². The van der Waals surface area contributed by atoms with Crippen LogP contribution in [-0.2, 0) is 4.74 Å². The van der Waals surface area contributed by atoms with E-state index < -0.39 is 6.10 Å². The molecule has 5 heteroatoms. The van der Waals surface area contributed by atoms with Crippen molar-refractivity contribution in [2.75, 3.05) is 19.1 Å². The van der Waals surface area contributed by atoms with Gasteiger partial charge in [0, 0.05) is 0 Å². The third kappa shape index (κ3) is 4.63. The molecule has 0 aliphatic heterocycles. The molecule has 0 aromatic heterocycles. The van der Waals surface area contributed by atoms with Crippen LogP contribution >= 0.6 is 11.6 Å². The van der Waals surface area contributed by atoms with Gasteiger partial charge in [-0.1, -0.05) is 0 Å². The first-order valence-corrected chi connectivity index (χ1v) is 5.84. The molecular formula is C12H15ClO4. The number of halogens is 1. The first kappa shape index (κ1) is 13.8. The second kappa shape index (κ2) is 7.14. The number of aliphatic hydroxyl groups excluding tert-OH is 1. The zero-order valence-electron chi connectivity index (χ0n) is 9.56. The van der Waals surface area contributed by atoms with E-state index in [1.54, 1.807) is 31.2 Å². The van der Waals surface area contributed by atoms with Gasteiger partial charge in [-0.3, -0.25) is 0 Å². The number of carbonyl (C=O) groups is 1. The van der Waals surface area contributed by atoms with Crippen molar-refractivity contribution >= 4 is 17.6 Å². The number of esters is 1. The minimum Gasteiger partial charge on any atom is -0.491 e. The fourth-order valence-electron chi connectivity index (χ4n) is 1.14. The van der Waals surface area contributed by atoms with Crippen LogP contribution < -0.4 is 4.74 Å². The summed E-state index contributed by atoms with van der Waals surface area (Å²) in [6.45, 7) is 2.23. The second-order valence-electron chi connectivity index (χ2n) is 3.36. The molecule has 1 unspecified atom stereocenters. The van der Waals surface area contributed by atoms with Crippen LogP contribution in [0, 0.1) is 0 Å². The van der Waals surface area contributed by atoms with Crippen LogP contribution in [0.3, 0.4) is 0 Å². The lowest BCUT2D eigenvalue weighted by atomic mass is 10.2. The lowest BCUT2D eigenvalue weighted by molar-refractivity contribution is 0.0526. The van der Waals surface area contributed by atoms with Gasteiger partial charge in [0.05, 0.1) is 18.1 Å². The van der Waals surface area contributed by atoms with Crippen molar-refractivity contribution in [3.8, 4) is 5.75 Å². The molecule has 0 radical (unpaired) electrons. The van der Waals surface area contributed by atoms with Crippen LogP contribution in [0.2, 0.25) is 0 Å². The van der Waals surface area contributed by atoms with Gasteiger partial charge in [-0.05, 0) is 31.2 Å². The van der Waals surface area contributed by atoms with Gasteiger partial charge < -0.3 is 14.6 Å². The van der Waals surface area contributed by atoms with Crippen molar-refractivity contribution in [1.29, 1.82) is 0 Å². The molecule has 0 aliphatic rings. The third-order valence-electron chi connectivity index (χ3n) is 1.99. The molecule has 0 bridgehead atoms. The van der Waals surface area contributed by atoms with Gasteiger partial charge in [0.15, 0.2) is 0 Å². The highest BCUT2D eigenvalue weighted by Gasteiger charge is 2.07. The van der Waals surface area contributed by atoms with Gasteiger partial charge in [-0.15, -0.1) is 11.6 Å². The van der Waals surface area contributed by atoms with E-state index in [1.165, 1.54) is 0 Å². The molecule has 0 amide bonds. The van der Waals surface area contributed by atoms with Gasteiger partial charge in [0.2, 0.25) is 0 Å². The zero-order chi connectivity index (χ0) is 12.7. The predicted molar refractivity (Wildman–Crippen MR) is 64.6 cm³/mol. The Balaban J connectivity index is 2.53. The smallest absolute Gasteiger partial charge is 0.338 e. The summed E-state index contributed by atoms with van der Waals surface area (Å²) in [7, 11) is 0. The summed E-state index contributed by atoms with van der Waals surface area (Å²) in [5.41, 5.74) is 0.470. The van der Waals surface area contributed by atoms with Crippen LogP contribution in [0.25, 0.3) is 0 Å². The molecule has 1 rings (SSSR count). The van der Waals surface area contributed by atoms with Gasteiger partial charge in [0.25, 0.3) is 0 Å². The van der Waals surface area contributed by atoms with E-state index in [2.05, 4.69) is 0 Å². The average molecular weight is 259 g/mol. The van der Waals surface area contributed by atoms with Crippen LogP contribution in [0.4, 0.5) is 0 Å². The lowest BCUT2D eigenvalue weighted by Gasteiger charge is -2.09. The Morgan fingerprint density at radius 3 is 2.59 bits per heavy atom. The lowest BCUT2D eigenvalue weighted by Crippen LogP contribution is -2.18. The predicted octanol–water partition coefficient (Wildman–Crippen LogP) is 1.84. The summed E-state index contributed by atoms with van der Waals surface area (Å²) in [6.07, 6.45) is -0.693. The molecule has 0 spiro atoms. The van der Waals surface area contributed by atoms with Crippen LogP contribution in [-0.4, -0.2) is 36.3 Å². The van der Waals surface area contributed by atoms with Gasteiger partial charge in [-0.2, -0.15) is 0 Å². The maximum Gasteiger partial charge on any atom is 0.338 e. The van der Waals surface area contributed by atoms with Crippen LogP contribution in [0.5, 0.6) is 5.75 Å². The summed E-state index contributed by atoms with van der Waals surface area (Å²) in [6, 6.07) is 6.52. The number of hydrogen-bond donors (Lipinski definition) is 1. The molecule has 17 heavy (non-hydrogen) atoms. The van der Waals surface area contributed by atoms with Gasteiger partial charge in [-0.25, -0.2) is 4.79 Å². The van der Waals surface area contributed by atoms with Crippen molar-refractivity contribution < 1.29 is 19.4 Å². The largest absolute Gasteiger partial charge is 0.491 e. The summed E-state index contributed by atoms with van der Waals surface area (Å²) < 4.78 is 10.1. The Morgan fingerprint density at radius 1 is 1.41 bits per heavy atom. The Labute approximate surface area is 105 Å². The summed E-state index contributed by atoms with van der Waals surface area (Å²) in [4.78, 5) is 11.3. The highest BCUT2D eigenvalue weighted by atomic mass is 35.5. The number of rotatable bonds is 6. The maximum absolute atomic E-state index is 11.3. The second-order valence-corrected chi connectivity index (χ2v) is 3.67. The molecule has 0 saturated carbocycles. The zero-order valence-corrected chi connectivity index (χ0v) is 10.3. The molecule has 0 heterocycles. The topological polar surface area (TPSA) is 55.8 Å². The van der Waals surface area contributed by atoms with Crippen LogP contribution in [0.15, 0.2) is 24.3 Å². The van der Waals surface area contributed by atoms with Crippen molar-refractivity contribution in [3.63, 3.8) is 0 Å². The Morgan fingerprint density at radius 2 is 2.06 bits per heavy atom. The van der Waals surface area contributed by atoms with Crippen molar-refractivity contribution in [3.05, 3.63) is 29.8 Å². The Bertz CT molecular complexity index is 350. The van der Waals surface area contributed by atoms with E-state index in [1.807, 2.05) is 0 Å². The quantitative estimate of drug-likeness (QED) is 0.625. The highest BCUT2D eigenvalue weighted by Crippen LogP contribution is 2.13. The first-order chi connectivity index (χ1) is 8.17. The number of ether oxygens (including phenoxy) is 2. The molecule has 1 aromatic carbocycles. The maximum atomic E-state index is 11.3. The normalized spacial score (nSPS) is 11.9. The molecule has 1 N–H and O–H groups in total. The Hall–Kier alpha value is -1.26. The molecule has 0 saturated heterocycles. The van der Waals surface area contributed by atoms with Gasteiger partial charge >= 0.3 is 5.97 Å². The summed E-state index contributed by atoms with van der Waals surface area (Å²) in [5.74, 6) is 0.336. The van der Waals surface area contributed by atoms with E-state index >= 15 is 0 Å². The Kier molecular flexibility index (Phi) is 5.80. The van der Waals surface area contributed by atoms with E-state index in [0.29, 0.717) is 17.9 Å². The van der Waals surface area contributed by atoms with E-state index in [9.17, 15) is 9.90 Å². The number of alkyl halides is 1. The van der Waals surface area contributed by atoms with Crippen molar-refractivity contribution in [1.82, 2.24) is 0 Å². The van der Waals surface area contributed by atoms with Gasteiger partial charge in [0.1, 0.15) is 18.5 Å². The molecule has 4 nitrogen and oxygen atoms in total. The fraction of sp³-hybridized carbons (Fsp3) is 0.417. The SMILES string of the molecule is CCOC(=O)c1ccc(OCC(O)CCl)cc1. The fourth-order valence-corrected chi connectivity index (χ4v) is 1.23. The summed E-state index contributed by atoms with van der Waals surface area (Å²) >= 11 is 5.43.